The van der Waals surface area contributed by atoms with Crippen molar-refractivity contribution in [2.24, 2.45) is 5.92 Å². The van der Waals surface area contributed by atoms with Crippen molar-refractivity contribution in [2.75, 3.05) is 50.9 Å². The summed E-state index contributed by atoms with van der Waals surface area (Å²) in [4.78, 5) is 14.9. The summed E-state index contributed by atoms with van der Waals surface area (Å²) in [5, 5.41) is 9.73. The van der Waals surface area contributed by atoms with Crippen molar-refractivity contribution in [3.05, 3.63) is 16.2 Å². The zero-order valence-corrected chi connectivity index (χ0v) is 15.7. The number of nitrogens with zero attached hydrogens (tertiary/aromatic N) is 4. The summed E-state index contributed by atoms with van der Waals surface area (Å²) in [5.74, 6) is 1.34. The van der Waals surface area contributed by atoms with Gasteiger partial charge in [0.15, 0.2) is 5.82 Å². The highest BCUT2D eigenvalue weighted by molar-refractivity contribution is 7.19. The molecule has 0 bridgehead atoms. The van der Waals surface area contributed by atoms with Crippen LogP contribution in [0.15, 0.2) is 6.07 Å². The number of piperidine rings is 1. The van der Waals surface area contributed by atoms with Gasteiger partial charge in [-0.3, -0.25) is 4.90 Å². The predicted octanol–water partition coefficient (Wildman–Crippen LogP) is 2.39. The van der Waals surface area contributed by atoms with E-state index in [0.717, 1.165) is 74.8 Å². The summed E-state index contributed by atoms with van der Waals surface area (Å²) in [6.07, 6.45) is 2.28. The number of rotatable bonds is 4. The number of likely N-dealkylation sites (tertiary alicyclic amines) is 1. The van der Waals surface area contributed by atoms with E-state index in [2.05, 4.69) is 25.8 Å². The van der Waals surface area contributed by atoms with E-state index in [1.807, 2.05) is 0 Å². The van der Waals surface area contributed by atoms with Crippen molar-refractivity contribution >= 4 is 39.0 Å². The molecule has 2 aliphatic heterocycles. The van der Waals surface area contributed by atoms with Crippen LogP contribution in [0.1, 0.15) is 17.7 Å². The molecule has 25 heavy (non-hydrogen) atoms. The van der Waals surface area contributed by atoms with Crippen LogP contribution >= 0.6 is 22.9 Å². The Morgan fingerprint density at radius 2 is 2.12 bits per heavy atom. The Bertz CT molecular complexity index is 735. The highest BCUT2D eigenvalue weighted by Crippen LogP contribution is 2.34. The molecule has 1 unspecified atom stereocenters. The molecule has 2 aromatic rings. The van der Waals surface area contributed by atoms with E-state index in [9.17, 15) is 5.11 Å². The van der Waals surface area contributed by atoms with Crippen LogP contribution in [0, 0.1) is 5.92 Å². The van der Waals surface area contributed by atoms with E-state index in [-0.39, 0.29) is 6.61 Å². The minimum absolute atomic E-state index is 0.283. The molecule has 2 fully saturated rings. The standard InChI is InChI=1S/C17H23ClN4O2S/c18-17-19-14-8-13(10-21-3-1-2-12(9-21)11-23)25-15(14)16(20-17)22-4-6-24-7-5-22/h8,12,23H,1-7,9-11H2. The summed E-state index contributed by atoms with van der Waals surface area (Å²) in [7, 11) is 0. The quantitative estimate of drug-likeness (QED) is 0.819. The third kappa shape index (κ3) is 3.90. The van der Waals surface area contributed by atoms with E-state index in [1.165, 1.54) is 4.88 Å². The molecular formula is C17H23ClN4O2S. The smallest absolute Gasteiger partial charge is 0.224 e. The van der Waals surface area contributed by atoms with Crippen LogP contribution in [0.3, 0.4) is 0 Å². The van der Waals surface area contributed by atoms with Crippen LogP contribution in [-0.2, 0) is 11.3 Å². The monoisotopic (exact) mass is 382 g/mol. The average Bonchev–Trinajstić information content (AvgIpc) is 3.04. The zero-order valence-electron chi connectivity index (χ0n) is 14.2. The first kappa shape index (κ1) is 17.4. The van der Waals surface area contributed by atoms with Crippen molar-refractivity contribution in [3.8, 4) is 0 Å². The molecular weight excluding hydrogens is 360 g/mol. The second-order valence-electron chi connectivity index (χ2n) is 6.77. The third-order valence-corrected chi connectivity index (χ3v) is 6.20. The predicted molar refractivity (Wildman–Crippen MR) is 101 cm³/mol. The molecule has 0 aromatic carbocycles. The molecule has 0 radical (unpaired) electrons. The van der Waals surface area contributed by atoms with Crippen LogP contribution in [-0.4, -0.2) is 66.0 Å². The fraction of sp³-hybridized carbons (Fsp3) is 0.647. The molecule has 0 spiro atoms. The Balaban J connectivity index is 1.58. The number of fused-ring (bicyclic) bond motifs is 1. The molecule has 4 heterocycles. The highest BCUT2D eigenvalue weighted by Gasteiger charge is 2.22. The first-order chi connectivity index (χ1) is 12.2. The maximum absolute atomic E-state index is 9.43. The topological polar surface area (TPSA) is 61.7 Å². The van der Waals surface area contributed by atoms with Gasteiger partial charge < -0.3 is 14.7 Å². The SMILES string of the molecule is OCC1CCCN(Cc2cc3nc(Cl)nc(N4CCOCC4)c3s2)C1. The lowest BCUT2D eigenvalue weighted by Gasteiger charge is -2.31. The van der Waals surface area contributed by atoms with Crippen LogP contribution < -0.4 is 4.90 Å². The molecule has 0 aliphatic carbocycles. The van der Waals surface area contributed by atoms with Gasteiger partial charge in [-0.1, -0.05) is 0 Å². The van der Waals surface area contributed by atoms with Crippen molar-refractivity contribution in [3.63, 3.8) is 0 Å². The van der Waals surface area contributed by atoms with Crippen molar-refractivity contribution in [1.82, 2.24) is 14.9 Å². The number of aliphatic hydroxyl groups excluding tert-OH is 1. The summed E-state index contributed by atoms with van der Waals surface area (Å²) < 4.78 is 6.56. The van der Waals surface area contributed by atoms with Crippen LogP contribution in [0.4, 0.5) is 5.82 Å². The van der Waals surface area contributed by atoms with E-state index in [4.69, 9.17) is 16.3 Å². The number of aromatic nitrogens is 2. The lowest BCUT2D eigenvalue weighted by Crippen LogP contribution is -2.36. The van der Waals surface area contributed by atoms with Gasteiger partial charge in [0.05, 0.1) is 23.4 Å². The summed E-state index contributed by atoms with van der Waals surface area (Å²) in [5.41, 5.74) is 0.928. The van der Waals surface area contributed by atoms with Gasteiger partial charge in [0, 0.05) is 37.7 Å². The van der Waals surface area contributed by atoms with Crippen molar-refractivity contribution in [1.29, 1.82) is 0 Å². The molecule has 1 N–H and O–H groups in total. The minimum Gasteiger partial charge on any atom is -0.396 e. The Morgan fingerprint density at radius 3 is 2.92 bits per heavy atom. The molecule has 1 atom stereocenters. The first-order valence-electron chi connectivity index (χ1n) is 8.85. The van der Waals surface area contributed by atoms with Gasteiger partial charge in [0.25, 0.3) is 0 Å². The number of hydrogen-bond acceptors (Lipinski definition) is 7. The number of ether oxygens (including phenoxy) is 1. The fourth-order valence-electron chi connectivity index (χ4n) is 3.67. The lowest BCUT2D eigenvalue weighted by atomic mass is 9.99. The average molecular weight is 383 g/mol. The Labute approximate surface area is 156 Å². The normalized spacial score (nSPS) is 22.6. The summed E-state index contributed by atoms with van der Waals surface area (Å²) >= 11 is 7.93. The van der Waals surface area contributed by atoms with Crippen LogP contribution in [0.5, 0.6) is 0 Å². The molecule has 2 aliphatic rings. The Kier molecular flexibility index (Phi) is 5.38. The largest absolute Gasteiger partial charge is 0.396 e. The number of thiophene rings is 1. The van der Waals surface area contributed by atoms with Gasteiger partial charge in [-0.2, -0.15) is 4.98 Å². The maximum Gasteiger partial charge on any atom is 0.224 e. The second-order valence-corrected chi connectivity index (χ2v) is 8.24. The molecule has 2 aromatic heterocycles. The summed E-state index contributed by atoms with van der Waals surface area (Å²) in [6.45, 7) is 6.35. The van der Waals surface area contributed by atoms with Gasteiger partial charge in [-0.05, 0) is 43.0 Å². The molecule has 0 saturated carbocycles. The third-order valence-electron chi connectivity index (χ3n) is 4.93. The molecule has 0 amide bonds. The van der Waals surface area contributed by atoms with Crippen molar-refractivity contribution < 1.29 is 9.84 Å². The van der Waals surface area contributed by atoms with Crippen molar-refractivity contribution in [2.45, 2.75) is 19.4 Å². The second kappa shape index (κ2) is 7.72. The van der Waals surface area contributed by atoms with Gasteiger partial charge >= 0.3 is 0 Å². The van der Waals surface area contributed by atoms with Gasteiger partial charge in [-0.25, -0.2) is 4.98 Å². The number of halogens is 1. The Morgan fingerprint density at radius 1 is 1.28 bits per heavy atom. The molecule has 6 nitrogen and oxygen atoms in total. The van der Waals surface area contributed by atoms with Crippen LogP contribution in [0.25, 0.3) is 10.2 Å². The van der Waals surface area contributed by atoms with Crippen LogP contribution in [0.2, 0.25) is 5.28 Å². The number of aliphatic hydroxyl groups is 1. The molecule has 136 valence electrons. The van der Waals surface area contributed by atoms with Gasteiger partial charge in [0.1, 0.15) is 0 Å². The number of anilines is 1. The summed E-state index contributed by atoms with van der Waals surface area (Å²) in [6, 6.07) is 2.14. The Hall–Kier alpha value is -0.990. The lowest BCUT2D eigenvalue weighted by molar-refractivity contribution is 0.116. The van der Waals surface area contributed by atoms with E-state index < -0.39 is 0 Å². The van der Waals surface area contributed by atoms with Gasteiger partial charge in [0.2, 0.25) is 5.28 Å². The van der Waals surface area contributed by atoms with E-state index in [1.54, 1.807) is 11.3 Å². The molecule has 8 heteroatoms. The maximum atomic E-state index is 9.43. The first-order valence-corrected chi connectivity index (χ1v) is 10.0. The zero-order chi connectivity index (χ0) is 17.2. The molecule has 4 rings (SSSR count). The van der Waals surface area contributed by atoms with Gasteiger partial charge in [-0.15, -0.1) is 11.3 Å². The molecule has 2 saturated heterocycles. The highest BCUT2D eigenvalue weighted by atomic mass is 35.5. The van der Waals surface area contributed by atoms with E-state index in [0.29, 0.717) is 11.2 Å². The fourth-order valence-corrected chi connectivity index (χ4v) is 4.99. The van der Waals surface area contributed by atoms with E-state index >= 15 is 0 Å². The number of hydrogen-bond donors (Lipinski definition) is 1. The minimum atomic E-state index is 0.283. The number of morpholine rings is 1.